The molecule has 1 aromatic rings. The van der Waals surface area contributed by atoms with Crippen LogP contribution in [0.3, 0.4) is 0 Å². The summed E-state index contributed by atoms with van der Waals surface area (Å²) in [6, 6.07) is 1.94. The van der Waals surface area contributed by atoms with Crippen LogP contribution in [0.2, 0.25) is 0 Å². The second kappa shape index (κ2) is 5.75. The van der Waals surface area contributed by atoms with E-state index in [0.717, 1.165) is 47.5 Å². The van der Waals surface area contributed by atoms with Crippen molar-refractivity contribution in [3.8, 4) is 0 Å². The molecule has 0 aliphatic heterocycles. The third-order valence-electron chi connectivity index (χ3n) is 3.44. The van der Waals surface area contributed by atoms with Gasteiger partial charge in [0.2, 0.25) is 5.91 Å². The highest BCUT2D eigenvalue weighted by Gasteiger charge is 2.40. The fourth-order valence-electron chi connectivity index (χ4n) is 2.39. The average molecular weight is 344 g/mol. The largest absolute Gasteiger partial charge is 0.318 e. The zero-order valence-corrected chi connectivity index (χ0v) is 13.6. The van der Waals surface area contributed by atoms with Crippen molar-refractivity contribution in [3.05, 3.63) is 16.5 Å². The smallest absolute Gasteiger partial charge is 0.221 e. The molecule has 0 radical (unpaired) electrons. The van der Waals surface area contributed by atoms with Crippen molar-refractivity contribution < 1.29 is 9.59 Å². The van der Waals surface area contributed by atoms with Crippen molar-refractivity contribution in [2.45, 2.75) is 50.3 Å². The number of unbranched alkanes of at least 4 members (excludes halogenated alkanes) is 1. The van der Waals surface area contributed by atoms with Crippen LogP contribution in [0.1, 0.15) is 54.8 Å². The highest BCUT2D eigenvalue weighted by Crippen LogP contribution is 2.43. The fraction of sp³-hybridized carbons (Fsp3) is 0.571. The highest BCUT2D eigenvalue weighted by molar-refractivity contribution is 9.10. The number of rotatable bonds is 4. The van der Waals surface area contributed by atoms with Crippen molar-refractivity contribution in [1.82, 2.24) is 0 Å². The summed E-state index contributed by atoms with van der Waals surface area (Å²) in [5.41, 5.74) is 1.07. The van der Waals surface area contributed by atoms with Gasteiger partial charge in [0.25, 0.3) is 0 Å². The maximum absolute atomic E-state index is 12.6. The summed E-state index contributed by atoms with van der Waals surface area (Å²) in [6.45, 7) is 3.62. The summed E-state index contributed by atoms with van der Waals surface area (Å²) in [7, 11) is 0. The summed E-state index contributed by atoms with van der Waals surface area (Å²) in [6.07, 6.45) is 4.77. The molecule has 1 aliphatic carbocycles. The number of alkyl halides is 1. The molecule has 1 atom stereocenters. The van der Waals surface area contributed by atoms with Gasteiger partial charge in [-0.25, -0.2) is 0 Å². The average Bonchev–Trinajstić information content (AvgIpc) is 2.74. The van der Waals surface area contributed by atoms with Gasteiger partial charge in [0, 0.05) is 6.92 Å². The first-order valence-corrected chi connectivity index (χ1v) is 8.21. The third-order valence-corrected chi connectivity index (χ3v) is 5.68. The molecule has 2 rings (SSSR count). The Morgan fingerprint density at radius 1 is 1.58 bits per heavy atom. The van der Waals surface area contributed by atoms with E-state index in [9.17, 15) is 9.59 Å². The van der Waals surface area contributed by atoms with Crippen LogP contribution < -0.4 is 5.32 Å². The van der Waals surface area contributed by atoms with Gasteiger partial charge in [-0.2, -0.15) is 0 Å². The number of carbonyl (C=O) groups excluding carboxylic acids is 2. The Labute approximate surface area is 125 Å². The van der Waals surface area contributed by atoms with Gasteiger partial charge in [0.05, 0.1) is 14.2 Å². The molecule has 104 valence electrons. The van der Waals surface area contributed by atoms with Crippen molar-refractivity contribution >= 4 is 44.0 Å². The minimum Gasteiger partial charge on any atom is -0.318 e. The molecule has 0 fully saturated rings. The lowest BCUT2D eigenvalue weighted by Crippen LogP contribution is -2.36. The molecule has 3 nitrogen and oxygen atoms in total. The summed E-state index contributed by atoms with van der Waals surface area (Å²) >= 11 is 5.06. The van der Waals surface area contributed by atoms with E-state index in [0.29, 0.717) is 0 Å². The number of thiophene rings is 1. The summed E-state index contributed by atoms with van der Waals surface area (Å²) in [5, 5.41) is 3.54. The first-order chi connectivity index (χ1) is 8.96. The zero-order chi connectivity index (χ0) is 14.0. The quantitative estimate of drug-likeness (QED) is 0.834. The Morgan fingerprint density at radius 3 is 2.95 bits per heavy atom. The number of fused-ring (bicyclic) bond motifs is 1. The zero-order valence-electron chi connectivity index (χ0n) is 11.2. The summed E-state index contributed by atoms with van der Waals surface area (Å²) in [5.74, 6) is 0.0888. The van der Waals surface area contributed by atoms with Gasteiger partial charge < -0.3 is 5.32 Å². The molecular formula is C14H18BrNO2S. The number of aryl methyl sites for hydroxylation is 1. The molecule has 0 bridgehead atoms. The molecular weight excluding hydrogens is 326 g/mol. The van der Waals surface area contributed by atoms with Gasteiger partial charge >= 0.3 is 0 Å². The number of hydrogen-bond donors (Lipinski definition) is 1. The van der Waals surface area contributed by atoms with E-state index in [2.05, 4.69) is 28.2 Å². The number of halogens is 1. The van der Waals surface area contributed by atoms with E-state index >= 15 is 0 Å². The molecule has 1 aliphatic rings. The van der Waals surface area contributed by atoms with Gasteiger partial charge in [-0.05, 0) is 30.9 Å². The Hall–Kier alpha value is -0.680. The van der Waals surface area contributed by atoms with Crippen molar-refractivity contribution in [2.24, 2.45) is 0 Å². The number of Topliss-reactive ketones (excluding diaryl/α,β-unsaturated/α-hetero) is 1. The second-order valence-electron chi connectivity index (χ2n) is 5.04. The number of nitrogens with one attached hydrogen (secondary N) is 1. The van der Waals surface area contributed by atoms with E-state index in [4.69, 9.17) is 0 Å². The van der Waals surface area contributed by atoms with Crippen LogP contribution in [0, 0.1) is 0 Å². The van der Waals surface area contributed by atoms with Gasteiger partial charge in [0.15, 0.2) is 5.78 Å². The molecule has 0 aromatic carbocycles. The minimum atomic E-state index is -0.394. The number of anilines is 1. The highest BCUT2D eigenvalue weighted by atomic mass is 79.9. The monoisotopic (exact) mass is 343 g/mol. The van der Waals surface area contributed by atoms with Crippen LogP contribution >= 0.6 is 27.3 Å². The normalized spacial score (nSPS) is 22.2. The number of amides is 1. The van der Waals surface area contributed by atoms with Crippen molar-refractivity contribution in [3.63, 3.8) is 0 Å². The lowest BCUT2D eigenvalue weighted by atomic mass is 9.84. The van der Waals surface area contributed by atoms with E-state index < -0.39 is 4.32 Å². The fourth-order valence-corrected chi connectivity index (χ4v) is 4.39. The van der Waals surface area contributed by atoms with E-state index in [1.165, 1.54) is 18.3 Å². The lowest BCUT2D eigenvalue weighted by Gasteiger charge is -2.29. The molecule has 1 heterocycles. The van der Waals surface area contributed by atoms with Crippen LogP contribution in [0.5, 0.6) is 0 Å². The van der Waals surface area contributed by atoms with Crippen LogP contribution in [0.25, 0.3) is 0 Å². The predicted molar refractivity (Wildman–Crippen MR) is 82.5 cm³/mol. The van der Waals surface area contributed by atoms with E-state index in [1.54, 1.807) is 0 Å². The molecule has 1 amide bonds. The molecule has 5 heteroatoms. The van der Waals surface area contributed by atoms with E-state index in [-0.39, 0.29) is 11.7 Å². The predicted octanol–water partition coefficient (Wildman–Crippen LogP) is 4.16. The number of hydrogen-bond acceptors (Lipinski definition) is 3. The lowest BCUT2D eigenvalue weighted by molar-refractivity contribution is -0.114. The first kappa shape index (κ1) is 14.7. The van der Waals surface area contributed by atoms with Gasteiger partial charge in [0.1, 0.15) is 0 Å². The second-order valence-corrected chi connectivity index (χ2v) is 7.61. The first-order valence-electron chi connectivity index (χ1n) is 6.60. The molecule has 0 saturated carbocycles. The molecule has 19 heavy (non-hydrogen) atoms. The number of carbonyl (C=O) groups is 2. The van der Waals surface area contributed by atoms with E-state index in [1.807, 2.05) is 6.07 Å². The van der Waals surface area contributed by atoms with Crippen LogP contribution in [-0.4, -0.2) is 16.0 Å². The summed E-state index contributed by atoms with van der Waals surface area (Å²) < 4.78 is -0.394. The Morgan fingerprint density at radius 2 is 2.32 bits per heavy atom. The molecule has 0 spiro atoms. The molecule has 1 aromatic heterocycles. The Kier molecular flexibility index (Phi) is 4.46. The van der Waals surface area contributed by atoms with Crippen molar-refractivity contribution in [1.29, 1.82) is 0 Å². The molecule has 1 unspecified atom stereocenters. The van der Waals surface area contributed by atoms with Gasteiger partial charge in [-0.1, -0.05) is 35.7 Å². The summed E-state index contributed by atoms with van der Waals surface area (Å²) in [4.78, 5) is 24.5. The Bertz CT molecular complexity index is 512. The van der Waals surface area contributed by atoms with Crippen molar-refractivity contribution in [2.75, 3.05) is 5.32 Å². The topological polar surface area (TPSA) is 46.2 Å². The third kappa shape index (κ3) is 3.08. The standard InChI is InChI=1S/C14H18BrNO2S/c1-3-4-6-14(15)7-5-10-8-11(16-9(2)17)19-12(10)13(14)18/h8H,3-7H2,1-2H3,(H,16,17). The van der Waals surface area contributed by atoms with Gasteiger partial charge in [-0.3, -0.25) is 9.59 Å². The minimum absolute atomic E-state index is 0.0952. The molecule has 0 saturated heterocycles. The van der Waals surface area contributed by atoms with Crippen LogP contribution in [0.15, 0.2) is 6.07 Å². The maximum Gasteiger partial charge on any atom is 0.221 e. The van der Waals surface area contributed by atoms with Gasteiger partial charge in [-0.15, -0.1) is 11.3 Å². The molecule has 1 N–H and O–H groups in total. The SMILES string of the molecule is CCCCC1(Br)CCc2cc(NC(C)=O)sc2C1=O. The van der Waals surface area contributed by atoms with Crippen LogP contribution in [0.4, 0.5) is 5.00 Å². The Balaban J connectivity index is 2.23. The maximum atomic E-state index is 12.6. The van der Waals surface area contributed by atoms with Crippen LogP contribution in [-0.2, 0) is 11.2 Å². The number of ketones is 1.